The lowest BCUT2D eigenvalue weighted by Gasteiger charge is -2.28. The lowest BCUT2D eigenvalue weighted by Crippen LogP contribution is -2.43. The van der Waals surface area contributed by atoms with Crippen molar-refractivity contribution in [1.82, 2.24) is 4.90 Å². The highest BCUT2D eigenvalue weighted by Crippen LogP contribution is 2.09. The third-order valence-corrected chi connectivity index (χ3v) is 2.19. The van der Waals surface area contributed by atoms with E-state index in [1.54, 1.807) is 6.34 Å². The fourth-order valence-electron chi connectivity index (χ4n) is 1.49. The third-order valence-electron chi connectivity index (χ3n) is 2.19. The lowest BCUT2D eigenvalue weighted by atomic mass is 10.1. The minimum Gasteiger partial charge on any atom is -0.394 e. The molecule has 0 saturated carbocycles. The molecular formula is C8H17ClN2O2. The summed E-state index contributed by atoms with van der Waals surface area (Å²) in [4.78, 5) is 6.05. The van der Waals surface area contributed by atoms with Crippen molar-refractivity contribution in [3.05, 3.63) is 0 Å². The Morgan fingerprint density at radius 1 is 1.62 bits per heavy atom. The van der Waals surface area contributed by atoms with Gasteiger partial charge in [-0.2, -0.15) is 0 Å². The van der Waals surface area contributed by atoms with Gasteiger partial charge in [-0.05, 0) is 6.42 Å². The van der Waals surface area contributed by atoms with Gasteiger partial charge in [0.05, 0.1) is 31.6 Å². The van der Waals surface area contributed by atoms with Crippen LogP contribution in [0.25, 0.3) is 0 Å². The van der Waals surface area contributed by atoms with E-state index < -0.39 is 6.10 Å². The van der Waals surface area contributed by atoms with Crippen LogP contribution in [-0.2, 0) is 0 Å². The standard InChI is InChI=1S/C8H16N2O2.ClH/c1-2-7(8(12)5-11)10-4-3-9-6-10;/h6-8,11-12H,2-5H2,1H3;1H. The molecule has 0 fully saturated rings. The van der Waals surface area contributed by atoms with Gasteiger partial charge in [-0.1, -0.05) is 6.92 Å². The molecule has 0 bridgehead atoms. The predicted molar refractivity (Wildman–Crippen MR) is 54.5 cm³/mol. The van der Waals surface area contributed by atoms with Crippen LogP contribution < -0.4 is 0 Å². The van der Waals surface area contributed by atoms with Crippen molar-refractivity contribution in [2.45, 2.75) is 25.5 Å². The number of aliphatic imine (C=N–C) groups is 1. The molecule has 13 heavy (non-hydrogen) atoms. The van der Waals surface area contributed by atoms with E-state index in [-0.39, 0.29) is 25.1 Å². The number of aliphatic hydroxyl groups excluding tert-OH is 2. The van der Waals surface area contributed by atoms with Crippen LogP contribution in [0.5, 0.6) is 0 Å². The molecule has 0 amide bonds. The van der Waals surface area contributed by atoms with E-state index in [4.69, 9.17) is 5.11 Å². The number of halogens is 1. The summed E-state index contributed by atoms with van der Waals surface area (Å²) in [6, 6.07) is 0.0150. The fourth-order valence-corrected chi connectivity index (χ4v) is 1.49. The maximum atomic E-state index is 9.42. The minimum absolute atomic E-state index is 0. The molecule has 0 aliphatic carbocycles. The number of hydrogen-bond acceptors (Lipinski definition) is 4. The Labute approximate surface area is 84.7 Å². The Hall–Kier alpha value is -0.320. The highest BCUT2D eigenvalue weighted by molar-refractivity contribution is 5.85. The quantitative estimate of drug-likeness (QED) is 0.678. The van der Waals surface area contributed by atoms with Crippen molar-refractivity contribution < 1.29 is 10.2 Å². The number of nitrogens with zero attached hydrogens (tertiary/aromatic N) is 2. The summed E-state index contributed by atoms with van der Waals surface area (Å²) in [7, 11) is 0. The molecule has 2 atom stereocenters. The van der Waals surface area contributed by atoms with Crippen molar-refractivity contribution in [1.29, 1.82) is 0 Å². The van der Waals surface area contributed by atoms with Crippen LogP contribution in [0.3, 0.4) is 0 Å². The molecule has 5 heteroatoms. The molecule has 0 spiro atoms. The molecule has 0 radical (unpaired) electrons. The molecule has 1 rings (SSSR count). The van der Waals surface area contributed by atoms with E-state index in [2.05, 4.69) is 4.99 Å². The Morgan fingerprint density at radius 2 is 2.31 bits per heavy atom. The van der Waals surface area contributed by atoms with E-state index in [0.717, 1.165) is 19.5 Å². The molecule has 0 aromatic carbocycles. The first kappa shape index (κ1) is 12.7. The smallest absolute Gasteiger partial charge is 0.0973 e. The average molecular weight is 209 g/mol. The second kappa shape index (κ2) is 6.18. The fraction of sp³-hybridized carbons (Fsp3) is 0.875. The summed E-state index contributed by atoms with van der Waals surface area (Å²) in [5.41, 5.74) is 0. The largest absolute Gasteiger partial charge is 0.394 e. The summed E-state index contributed by atoms with van der Waals surface area (Å²) < 4.78 is 0. The zero-order valence-electron chi connectivity index (χ0n) is 7.76. The van der Waals surface area contributed by atoms with Gasteiger partial charge >= 0.3 is 0 Å². The van der Waals surface area contributed by atoms with Gasteiger partial charge in [-0.15, -0.1) is 12.4 Å². The maximum absolute atomic E-state index is 9.42. The Morgan fingerprint density at radius 3 is 2.69 bits per heavy atom. The molecule has 0 saturated heterocycles. The lowest BCUT2D eigenvalue weighted by molar-refractivity contribution is 0.0366. The predicted octanol–water partition coefficient (Wildman–Crippen LogP) is -0.116. The van der Waals surface area contributed by atoms with E-state index in [1.165, 1.54) is 0 Å². The van der Waals surface area contributed by atoms with Crippen LogP contribution in [0, 0.1) is 0 Å². The number of rotatable bonds is 4. The second-order valence-corrected chi connectivity index (χ2v) is 2.98. The van der Waals surface area contributed by atoms with Gasteiger partial charge in [-0.3, -0.25) is 4.99 Å². The van der Waals surface area contributed by atoms with Crippen molar-refractivity contribution in [3.8, 4) is 0 Å². The van der Waals surface area contributed by atoms with E-state index in [9.17, 15) is 5.11 Å². The highest BCUT2D eigenvalue weighted by atomic mass is 35.5. The van der Waals surface area contributed by atoms with Crippen LogP contribution in [-0.4, -0.2) is 53.3 Å². The van der Waals surface area contributed by atoms with Crippen molar-refractivity contribution >= 4 is 18.7 Å². The number of hydrogen-bond donors (Lipinski definition) is 2. The molecule has 0 aromatic rings. The summed E-state index contributed by atoms with van der Waals surface area (Å²) in [6.45, 7) is 3.47. The van der Waals surface area contributed by atoms with Gasteiger partial charge in [0.15, 0.2) is 0 Å². The summed E-state index contributed by atoms with van der Waals surface area (Å²) >= 11 is 0. The molecule has 1 heterocycles. The first-order chi connectivity index (χ1) is 5.79. The van der Waals surface area contributed by atoms with Crippen LogP contribution in [0.15, 0.2) is 4.99 Å². The SMILES string of the molecule is CCC(C(O)CO)N1C=NCC1.Cl. The van der Waals surface area contributed by atoms with Gasteiger partial charge in [-0.25, -0.2) is 0 Å². The molecular weight excluding hydrogens is 192 g/mol. The Kier molecular flexibility index (Phi) is 6.03. The van der Waals surface area contributed by atoms with Gasteiger partial charge in [0.1, 0.15) is 0 Å². The summed E-state index contributed by atoms with van der Waals surface area (Å²) in [5, 5.41) is 18.2. The van der Waals surface area contributed by atoms with Gasteiger partial charge in [0.2, 0.25) is 0 Å². The minimum atomic E-state index is -0.653. The maximum Gasteiger partial charge on any atom is 0.0973 e. The Balaban J connectivity index is 0.00000144. The van der Waals surface area contributed by atoms with Gasteiger partial charge in [0.25, 0.3) is 0 Å². The molecule has 1 aliphatic rings. The zero-order valence-corrected chi connectivity index (χ0v) is 8.57. The molecule has 78 valence electrons. The molecule has 0 aromatic heterocycles. The molecule has 2 N–H and O–H groups in total. The third kappa shape index (κ3) is 3.14. The first-order valence-electron chi connectivity index (χ1n) is 4.34. The Bertz CT molecular complexity index is 166. The summed E-state index contributed by atoms with van der Waals surface area (Å²) in [6.07, 6.45) is 1.93. The van der Waals surface area contributed by atoms with Crippen LogP contribution in [0.1, 0.15) is 13.3 Å². The molecule has 2 unspecified atom stereocenters. The molecule has 1 aliphatic heterocycles. The van der Waals surface area contributed by atoms with Crippen LogP contribution >= 0.6 is 12.4 Å². The van der Waals surface area contributed by atoms with E-state index >= 15 is 0 Å². The summed E-state index contributed by atoms with van der Waals surface area (Å²) in [5.74, 6) is 0. The monoisotopic (exact) mass is 208 g/mol. The normalized spacial score (nSPS) is 19.8. The van der Waals surface area contributed by atoms with E-state index in [1.807, 2.05) is 11.8 Å². The van der Waals surface area contributed by atoms with Crippen LogP contribution in [0.4, 0.5) is 0 Å². The van der Waals surface area contributed by atoms with Gasteiger partial charge in [0, 0.05) is 6.54 Å². The van der Waals surface area contributed by atoms with Crippen molar-refractivity contribution in [2.24, 2.45) is 4.99 Å². The average Bonchev–Trinajstić information content (AvgIpc) is 2.58. The van der Waals surface area contributed by atoms with Crippen molar-refractivity contribution in [3.63, 3.8) is 0 Å². The second-order valence-electron chi connectivity index (χ2n) is 2.98. The van der Waals surface area contributed by atoms with E-state index in [0.29, 0.717) is 0 Å². The highest BCUT2D eigenvalue weighted by Gasteiger charge is 2.23. The van der Waals surface area contributed by atoms with Crippen molar-refractivity contribution in [2.75, 3.05) is 19.7 Å². The topological polar surface area (TPSA) is 56.1 Å². The molecule has 4 nitrogen and oxygen atoms in total. The van der Waals surface area contributed by atoms with Crippen LogP contribution in [0.2, 0.25) is 0 Å². The first-order valence-corrected chi connectivity index (χ1v) is 4.34. The van der Waals surface area contributed by atoms with Gasteiger partial charge < -0.3 is 15.1 Å². The zero-order chi connectivity index (χ0) is 8.97. The number of aliphatic hydroxyl groups is 2.